The zero-order valence-corrected chi connectivity index (χ0v) is 17.0. The highest BCUT2D eigenvalue weighted by Gasteiger charge is 2.08. The van der Waals surface area contributed by atoms with Crippen LogP contribution in [-0.2, 0) is 13.1 Å². The minimum atomic E-state index is 0.424. The number of benzene rings is 1. The second kappa shape index (κ2) is 10.5. The van der Waals surface area contributed by atoms with Gasteiger partial charge in [0, 0.05) is 19.2 Å². The summed E-state index contributed by atoms with van der Waals surface area (Å²) >= 11 is 0. The van der Waals surface area contributed by atoms with Crippen LogP contribution < -0.4 is 15.4 Å². The summed E-state index contributed by atoms with van der Waals surface area (Å²) in [5.41, 5.74) is 2.29. The molecule has 1 aromatic carbocycles. The van der Waals surface area contributed by atoms with Gasteiger partial charge in [0.2, 0.25) is 5.89 Å². The van der Waals surface area contributed by atoms with Crippen molar-refractivity contribution in [3.05, 3.63) is 41.0 Å². The fourth-order valence-electron chi connectivity index (χ4n) is 2.59. The molecule has 0 unspecified atom stereocenters. The number of nitrogens with zero attached hydrogens (tertiary/aromatic N) is 3. The van der Waals surface area contributed by atoms with Gasteiger partial charge in [-0.25, -0.2) is 0 Å². The van der Waals surface area contributed by atoms with E-state index < -0.39 is 0 Å². The van der Waals surface area contributed by atoms with Gasteiger partial charge in [-0.15, -0.1) is 0 Å². The van der Waals surface area contributed by atoms with Gasteiger partial charge < -0.3 is 19.9 Å². The van der Waals surface area contributed by atoms with Crippen LogP contribution in [0, 0.1) is 19.8 Å². The normalized spacial score (nSPS) is 11.7. The fourth-order valence-corrected chi connectivity index (χ4v) is 2.59. The Morgan fingerprint density at radius 1 is 1.22 bits per heavy atom. The molecule has 0 fully saturated rings. The molecular weight excluding hydrogens is 342 g/mol. The Morgan fingerprint density at radius 2 is 2.00 bits per heavy atom. The van der Waals surface area contributed by atoms with Crippen LogP contribution in [0.2, 0.25) is 0 Å². The number of hydrogen-bond acceptors (Lipinski definition) is 5. The molecule has 0 amide bonds. The maximum Gasteiger partial charge on any atom is 0.246 e. The molecule has 2 rings (SSSR count). The molecule has 7 nitrogen and oxygen atoms in total. The minimum Gasteiger partial charge on any atom is -0.493 e. The summed E-state index contributed by atoms with van der Waals surface area (Å²) in [4.78, 5) is 8.40. The van der Waals surface area contributed by atoms with E-state index in [1.165, 1.54) is 12.0 Å². The zero-order valence-electron chi connectivity index (χ0n) is 17.0. The molecule has 0 aliphatic heterocycles. The minimum absolute atomic E-state index is 0.424. The van der Waals surface area contributed by atoms with Crippen LogP contribution in [0.15, 0.2) is 27.7 Å². The zero-order chi connectivity index (χ0) is 19.6. The van der Waals surface area contributed by atoms with Gasteiger partial charge in [0.25, 0.3) is 0 Å². The molecule has 7 heteroatoms. The number of aromatic nitrogens is 2. The smallest absolute Gasteiger partial charge is 0.246 e. The van der Waals surface area contributed by atoms with Crippen molar-refractivity contribution in [1.29, 1.82) is 0 Å². The monoisotopic (exact) mass is 373 g/mol. The van der Waals surface area contributed by atoms with Crippen molar-refractivity contribution < 1.29 is 9.26 Å². The molecular formula is C20H31N5O2. The first-order valence-corrected chi connectivity index (χ1v) is 9.44. The third-order valence-corrected chi connectivity index (χ3v) is 4.05. The summed E-state index contributed by atoms with van der Waals surface area (Å²) in [6, 6.07) is 6.27. The van der Waals surface area contributed by atoms with E-state index in [9.17, 15) is 0 Å². The SMILES string of the molecule is CN=C(NCc1nc(C)no1)NCc1ccc(C)cc1OCCCC(C)C. The molecule has 0 aliphatic carbocycles. The summed E-state index contributed by atoms with van der Waals surface area (Å²) in [7, 11) is 1.73. The standard InChI is InChI=1S/C20H31N5O2/c1-14(2)7-6-10-26-18-11-15(3)8-9-17(18)12-22-20(21-5)23-13-19-24-16(4)25-27-19/h8-9,11,14H,6-7,10,12-13H2,1-5H3,(H2,21,22,23). The van der Waals surface area contributed by atoms with Gasteiger partial charge >= 0.3 is 0 Å². The molecule has 0 aliphatic rings. The fraction of sp³-hybridized carbons (Fsp3) is 0.550. The summed E-state index contributed by atoms with van der Waals surface area (Å²) in [5, 5.41) is 10.2. The lowest BCUT2D eigenvalue weighted by Crippen LogP contribution is -2.36. The van der Waals surface area contributed by atoms with Crippen LogP contribution in [0.5, 0.6) is 5.75 Å². The molecule has 148 valence electrons. The average Bonchev–Trinajstić information content (AvgIpc) is 3.05. The third kappa shape index (κ3) is 7.29. The summed E-state index contributed by atoms with van der Waals surface area (Å²) in [6.45, 7) is 10.1. The second-order valence-electron chi connectivity index (χ2n) is 7.01. The van der Waals surface area contributed by atoms with Crippen molar-refractivity contribution in [1.82, 2.24) is 20.8 Å². The van der Waals surface area contributed by atoms with Crippen LogP contribution >= 0.6 is 0 Å². The number of aliphatic imine (C=N–C) groups is 1. The first kappa shape index (κ1) is 20.7. The van der Waals surface area contributed by atoms with Gasteiger partial charge in [-0.05, 0) is 44.2 Å². The highest BCUT2D eigenvalue weighted by atomic mass is 16.5. The molecule has 0 spiro atoms. The van der Waals surface area contributed by atoms with E-state index in [2.05, 4.69) is 64.7 Å². The molecule has 27 heavy (non-hydrogen) atoms. The Hall–Kier alpha value is -2.57. The Bertz CT molecular complexity index is 740. The van der Waals surface area contributed by atoms with E-state index in [-0.39, 0.29) is 0 Å². The van der Waals surface area contributed by atoms with E-state index in [4.69, 9.17) is 9.26 Å². The number of rotatable bonds is 9. The van der Waals surface area contributed by atoms with Gasteiger partial charge in [0.15, 0.2) is 11.8 Å². The highest BCUT2D eigenvalue weighted by Crippen LogP contribution is 2.21. The summed E-state index contributed by atoms with van der Waals surface area (Å²) in [5.74, 6) is 3.43. The van der Waals surface area contributed by atoms with Crippen molar-refractivity contribution in [2.45, 2.75) is 53.6 Å². The average molecular weight is 374 g/mol. The van der Waals surface area contributed by atoms with E-state index in [1.54, 1.807) is 14.0 Å². The largest absolute Gasteiger partial charge is 0.493 e. The first-order valence-electron chi connectivity index (χ1n) is 9.44. The van der Waals surface area contributed by atoms with Crippen molar-refractivity contribution in [3.8, 4) is 5.75 Å². The third-order valence-electron chi connectivity index (χ3n) is 4.05. The van der Waals surface area contributed by atoms with Crippen molar-refractivity contribution >= 4 is 5.96 Å². The Balaban J connectivity index is 1.88. The number of aryl methyl sites for hydroxylation is 2. The molecule has 1 aromatic heterocycles. The van der Waals surface area contributed by atoms with Gasteiger partial charge in [0.1, 0.15) is 5.75 Å². The van der Waals surface area contributed by atoms with Gasteiger partial charge in [-0.1, -0.05) is 31.1 Å². The predicted molar refractivity (Wildman–Crippen MR) is 107 cm³/mol. The maximum absolute atomic E-state index is 6.03. The van der Waals surface area contributed by atoms with Gasteiger partial charge in [-0.3, -0.25) is 4.99 Å². The molecule has 1 heterocycles. The summed E-state index contributed by atoms with van der Waals surface area (Å²) < 4.78 is 11.1. The summed E-state index contributed by atoms with van der Waals surface area (Å²) in [6.07, 6.45) is 2.23. The van der Waals surface area contributed by atoms with Crippen molar-refractivity contribution in [2.75, 3.05) is 13.7 Å². The lowest BCUT2D eigenvalue weighted by Gasteiger charge is -2.15. The molecule has 0 radical (unpaired) electrons. The second-order valence-corrected chi connectivity index (χ2v) is 7.01. The van der Waals surface area contributed by atoms with Crippen LogP contribution in [0.3, 0.4) is 0 Å². The predicted octanol–water partition coefficient (Wildman–Crippen LogP) is 3.37. The highest BCUT2D eigenvalue weighted by molar-refractivity contribution is 5.79. The van der Waals surface area contributed by atoms with E-state index in [0.29, 0.717) is 36.7 Å². The van der Waals surface area contributed by atoms with Crippen LogP contribution in [0.4, 0.5) is 0 Å². The molecule has 0 bridgehead atoms. The molecule has 0 saturated heterocycles. The number of hydrogen-bond donors (Lipinski definition) is 2. The lowest BCUT2D eigenvalue weighted by molar-refractivity contribution is 0.294. The van der Waals surface area contributed by atoms with Crippen molar-refractivity contribution in [2.24, 2.45) is 10.9 Å². The number of ether oxygens (including phenoxy) is 1. The first-order chi connectivity index (χ1) is 13.0. The lowest BCUT2D eigenvalue weighted by atomic mass is 10.1. The number of nitrogens with one attached hydrogen (secondary N) is 2. The molecule has 0 saturated carbocycles. The Morgan fingerprint density at radius 3 is 2.67 bits per heavy atom. The van der Waals surface area contributed by atoms with Crippen molar-refractivity contribution in [3.63, 3.8) is 0 Å². The Labute approximate surface area is 161 Å². The van der Waals surface area contributed by atoms with Crippen LogP contribution in [0.25, 0.3) is 0 Å². The number of guanidine groups is 1. The van der Waals surface area contributed by atoms with E-state index in [1.807, 2.05) is 0 Å². The maximum atomic E-state index is 6.03. The van der Waals surface area contributed by atoms with Crippen LogP contribution in [-0.4, -0.2) is 29.8 Å². The van der Waals surface area contributed by atoms with Crippen LogP contribution in [0.1, 0.15) is 49.5 Å². The molecule has 0 atom stereocenters. The Kier molecular flexibility index (Phi) is 8.10. The van der Waals surface area contributed by atoms with E-state index in [0.717, 1.165) is 24.3 Å². The molecule has 2 aromatic rings. The molecule has 2 N–H and O–H groups in total. The quantitative estimate of drug-likeness (QED) is 0.398. The topological polar surface area (TPSA) is 84.6 Å². The van der Waals surface area contributed by atoms with Gasteiger partial charge in [0.05, 0.1) is 13.2 Å². The van der Waals surface area contributed by atoms with Gasteiger partial charge in [-0.2, -0.15) is 4.98 Å². The van der Waals surface area contributed by atoms with E-state index >= 15 is 0 Å².